The van der Waals surface area contributed by atoms with Gasteiger partial charge in [-0.2, -0.15) is 0 Å². The molecule has 1 amide bonds. The van der Waals surface area contributed by atoms with Gasteiger partial charge in [0.05, 0.1) is 11.9 Å². The van der Waals surface area contributed by atoms with Gasteiger partial charge in [-0.15, -0.1) is 0 Å². The molecule has 2 aromatic heterocycles. The molecule has 4 heterocycles. The molecule has 2 aliphatic heterocycles. The Hall–Kier alpha value is -2.63. The molecule has 0 aliphatic carbocycles. The van der Waals surface area contributed by atoms with Gasteiger partial charge in [-0.05, 0) is 37.1 Å². The van der Waals surface area contributed by atoms with Gasteiger partial charge < -0.3 is 14.7 Å². The summed E-state index contributed by atoms with van der Waals surface area (Å²) in [5, 5.41) is 0. The second kappa shape index (κ2) is 7.09. The van der Waals surface area contributed by atoms with Crippen LogP contribution >= 0.6 is 0 Å². The Bertz CT molecular complexity index is 704. The van der Waals surface area contributed by atoms with Crippen molar-refractivity contribution in [3.8, 4) is 0 Å². The van der Waals surface area contributed by atoms with Crippen LogP contribution in [0.15, 0.2) is 42.7 Å². The molecule has 0 atom stereocenters. The standard InChI is InChI=1S/C19H23N5O/c25-19(17-7-6-16(15-21-17)22-9-3-4-10-22)24-13-11-23(12-14-24)18-5-1-2-8-20-18/h1-2,5-8,15H,3-4,9-14H2. The zero-order valence-electron chi connectivity index (χ0n) is 14.3. The summed E-state index contributed by atoms with van der Waals surface area (Å²) in [5.41, 5.74) is 1.66. The summed E-state index contributed by atoms with van der Waals surface area (Å²) >= 11 is 0. The van der Waals surface area contributed by atoms with E-state index in [4.69, 9.17) is 0 Å². The number of carbonyl (C=O) groups excluding carboxylic acids is 1. The molecule has 0 bridgehead atoms. The van der Waals surface area contributed by atoms with Crippen LogP contribution in [0.3, 0.4) is 0 Å². The Labute approximate surface area is 148 Å². The normalized spacial score (nSPS) is 17.8. The Balaban J connectivity index is 1.37. The van der Waals surface area contributed by atoms with Crippen LogP contribution in [0.25, 0.3) is 0 Å². The molecule has 0 aromatic carbocycles. The van der Waals surface area contributed by atoms with Crippen molar-refractivity contribution >= 4 is 17.4 Å². The summed E-state index contributed by atoms with van der Waals surface area (Å²) in [5.74, 6) is 0.997. The molecule has 2 fully saturated rings. The molecule has 6 nitrogen and oxygen atoms in total. The van der Waals surface area contributed by atoms with Crippen LogP contribution in [0.2, 0.25) is 0 Å². The highest BCUT2D eigenvalue weighted by atomic mass is 16.2. The first-order valence-corrected chi connectivity index (χ1v) is 8.97. The lowest BCUT2D eigenvalue weighted by atomic mass is 10.2. The van der Waals surface area contributed by atoms with E-state index >= 15 is 0 Å². The third-order valence-electron chi connectivity index (χ3n) is 4.98. The van der Waals surface area contributed by atoms with E-state index in [9.17, 15) is 4.79 Å². The van der Waals surface area contributed by atoms with Crippen LogP contribution < -0.4 is 9.80 Å². The number of pyridine rings is 2. The quantitative estimate of drug-likeness (QED) is 0.858. The minimum atomic E-state index is 0.0219. The molecule has 0 unspecified atom stereocenters. The van der Waals surface area contributed by atoms with Crippen molar-refractivity contribution in [2.75, 3.05) is 49.1 Å². The third-order valence-corrected chi connectivity index (χ3v) is 4.98. The van der Waals surface area contributed by atoms with Crippen LogP contribution in [0.1, 0.15) is 23.3 Å². The molecule has 2 aromatic rings. The molecule has 0 N–H and O–H groups in total. The summed E-state index contributed by atoms with van der Waals surface area (Å²) in [6.07, 6.45) is 6.11. The fourth-order valence-corrected chi connectivity index (χ4v) is 3.52. The summed E-state index contributed by atoms with van der Waals surface area (Å²) < 4.78 is 0. The molecule has 130 valence electrons. The minimum Gasteiger partial charge on any atom is -0.370 e. The van der Waals surface area contributed by atoms with Gasteiger partial charge in [-0.25, -0.2) is 9.97 Å². The highest BCUT2D eigenvalue weighted by molar-refractivity contribution is 5.92. The smallest absolute Gasteiger partial charge is 0.272 e. The molecular formula is C19H23N5O. The Morgan fingerprint density at radius 2 is 1.64 bits per heavy atom. The number of hydrogen-bond acceptors (Lipinski definition) is 5. The van der Waals surface area contributed by atoms with Crippen LogP contribution in [0.4, 0.5) is 11.5 Å². The maximum Gasteiger partial charge on any atom is 0.272 e. The summed E-state index contributed by atoms with van der Waals surface area (Å²) in [4.78, 5) is 27.9. The van der Waals surface area contributed by atoms with E-state index in [-0.39, 0.29) is 5.91 Å². The van der Waals surface area contributed by atoms with Crippen LogP contribution in [0, 0.1) is 0 Å². The average Bonchev–Trinajstić information content (AvgIpc) is 3.23. The number of amides is 1. The maximum atomic E-state index is 12.7. The average molecular weight is 337 g/mol. The van der Waals surface area contributed by atoms with Gasteiger partial charge in [0, 0.05) is 45.5 Å². The van der Waals surface area contributed by atoms with Gasteiger partial charge >= 0.3 is 0 Å². The van der Waals surface area contributed by atoms with Crippen molar-refractivity contribution in [1.29, 1.82) is 0 Å². The second-order valence-electron chi connectivity index (χ2n) is 6.56. The molecule has 0 saturated carbocycles. The van der Waals surface area contributed by atoms with Gasteiger partial charge in [-0.1, -0.05) is 6.07 Å². The largest absolute Gasteiger partial charge is 0.370 e. The number of anilines is 2. The molecule has 0 spiro atoms. The Morgan fingerprint density at radius 1 is 0.840 bits per heavy atom. The molecular weight excluding hydrogens is 314 g/mol. The van der Waals surface area contributed by atoms with Crippen molar-refractivity contribution in [3.63, 3.8) is 0 Å². The van der Waals surface area contributed by atoms with Gasteiger partial charge in [0.1, 0.15) is 11.5 Å². The van der Waals surface area contributed by atoms with E-state index in [1.54, 1.807) is 6.20 Å². The maximum absolute atomic E-state index is 12.7. The predicted octanol–water partition coefficient (Wildman–Crippen LogP) is 2.04. The summed E-state index contributed by atoms with van der Waals surface area (Å²) in [7, 11) is 0. The predicted molar refractivity (Wildman–Crippen MR) is 98.0 cm³/mol. The van der Waals surface area contributed by atoms with E-state index in [1.165, 1.54) is 12.8 Å². The fraction of sp³-hybridized carbons (Fsp3) is 0.421. The van der Waals surface area contributed by atoms with E-state index in [0.717, 1.165) is 37.7 Å². The van der Waals surface area contributed by atoms with E-state index in [1.807, 2.05) is 41.4 Å². The van der Waals surface area contributed by atoms with E-state index in [2.05, 4.69) is 19.8 Å². The number of piperazine rings is 1. The number of hydrogen-bond donors (Lipinski definition) is 0. The van der Waals surface area contributed by atoms with Crippen LogP contribution in [-0.2, 0) is 0 Å². The van der Waals surface area contributed by atoms with Crippen LogP contribution in [0.5, 0.6) is 0 Å². The monoisotopic (exact) mass is 337 g/mol. The summed E-state index contributed by atoms with van der Waals surface area (Å²) in [6.45, 7) is 5.17. The number of rotatable bonds is 3. The lowest BCUT2D eigenvalue weighted by Gasteiger charge is -2.35. The van der Waals surface area contributed by atoms with Crippen molar-refractivity contribution in [2.24, 2.45) is 0 Å². The first-order valence-electron chi connectivity index (χ1n) is 8.97. The van der Waals surface area contributed by atoms with Crippen LogP contribution in [-0.4, -0.2) is 60.0 Å². The van der Waals surface area contributed by atoms with Gasteiger partial charge in [0.2, 0.25) is 0 Å². The van der Waals surface area contributed by atoms with Crippen molar-refractivity contribution < 1.29 is 4.79 Å². The number of carbonyl (C=O) groups is 1. The fourth-order valence-electron chi connectivity index (χ4n) is 3.52. The first kappa shape index (κ1) is 15.9. The molecule has 4 rings (SSSR count). The number of nitrogens with zero attached hydrogens (tertiary/aromatic N) is 5. The van der Waals surface area contributed by atoms with E-state index < -0.39 is 0 Å². The molecule has 25 heavy (non-hydrogen) atoms. The molecule has 2 aliphatic rings. The lowest BCUT2D eigenvalue weighted by Crippen LogP contribution is -2.49. The van der Waals surface area contributed by atoms with Gasteiger partial charge in [0.25, 0.3) is 5.91 Å². The Morgan fingerprint density at radius 3 is 2.28 bits per heavy atom. The topological polar surface area (TPSA) is 52.6 Å². The van der Waals surface area contributed by atoms with Crippen molar-refractivity contribution in [3.05, 3.63) is 48.4 Å². The second-order valence-corrected chi connectivity index (χ2v) is 6.56. The van der Waals surface area contributed by atoms with Gasteiger partial charge in [0.15, 0.2) is 0 Å². The van der Waals surface area contributed by atoms with Crippen molar-refractivity contribution in [2.45, 2.75) is 12.8 Å². The first-order chi connectivity index (χ1) is 12.3. The molecule has 2 saturated heterocycles. The highest BCUT2D eigenvalue weighted by Crippen LogP contribution is 2.20. The Kier molecular flexibility index (Phi) is 4.50. The third kappa shape index (κ3) is 3.43. The molecule has 6 heteroatoms. The van der Waals surface area contributed by atoms with Gasteiger partial charge in [-0.3, -0.25) is 4.79 Å². The van der Waals surface area contributed by atoms with E-state index in [0.29, 0.717) is 18.8 Å². The zero-order valence-corrected chi connectivity index (χ0v) is 14.3. The SMILES string of the molecule is O=C(c1ccc(N2CCCC2)cn1)N1CCN(c2ccccn2)CC1. The molecule has 0 radical (unpaired) electrons. The summed E-state index contributed by atoms with van der Waals surface area (Å²) in [6, 6.07) is 9.80. The minimum absolute atomic E-state index is 0.0219. The highest BCUT2D eigenvalue weighted by Gasteiger charge is 2.23. The zero-order chi connectivity index (χ0) is 17.1. The number of aromatic nitrogens is 2. The lowest BCUT2D eigenvalue weighted by molar-refractivity contribution is 0.0740. The van der Waals surface area contributed by atoms with Crippen molar-refractivity contribution in [1.82, 2.24) is 14.9 Å².